The van der Waals surface area contributed by atoms with Gasteiger partial charge in [0.15, 0.2) is 5.58 Å². The van der Waals surface area contributed by atoms with Gasteiger partial charge >= 0.3 is 6.18 Å². The summed E-state index contributed by atoms with van der Waals surface area (Å²) in [4.78, 5) is 26.0. The number of benzene rings is 3. The first-order chi connectivity index (χ1) is 23.0. The zero-order chi connectivity index (χ0) is 34.8. The summed E-state index contributed by atoms with van der Waals surface area (Å²) >= 11 is 3.54. The normalized spacial score (nSPS) is 18.3. The molecule has 6 rings (SSSR count). The lowest BCUT2D eigenvalue weighted by Gasteiger charge is -2.34. The van der Waals surface area contributed by atoms with E-state index < -0.39 is 17.6 Å². The fourth-order valence-corrected chi connectivity index (χ4v) is 6.22. The Hall–Kier alpha value is -4.07. The average molecular weight is 689 g/mol. The zero-order valence-corrected chi connectivity index (χ0v) is 27.7. The predicted molar refractivity (Wildman–Crippen MR) is 183 cm³/mol. The number of rotatable bonds is 5. The Bertz CT molecular complexity index is 1660. The number of nitrogens with zero attached hydrogens (tertiary/aromatic N) is 2. The van der Waals surface area contributed by atoms with Gasteiger partial charge in [0.25, 0.3) is 6.47 Å². The molecule has 2 atom stereocenters. The molecule has 48 heavy (non-hydrogen) atoms. The number of amides is 1. The number of piperazine rings is 1. The van der Waals surface area contributed by atoms with Crippen LogP contribution in [-0.2, 0) is 15.8 Å². The standard InChI is InChI=1S/C33H33F4N3O2.CH5NS.CH2O2/c1-39-12-14-40(15-13-39)30-19-26(18-24-11-16-42-31(24)30)22-7-5-21(6-8-22)23-3-2-4-25(17-23)32(41)38-29-10-9-27(20-28(29)34)33(35,36)37;1-2-3;2-1-3/h5-11,16,18-20,23,25H,2-4,12-15,17H2,1H3,(H,38,41);2-3H,1H3;1H,(H,2,3). The minimum atomic E-state index is -4.64. The van der Waals surface area contributed by atoms with Gasteiger partial charge in [-0.3, -0.25) is 14.3 Å². The SMILES string of the molecule is CN1CCN(c2cc(-c3ccc(C4CCCC(C(=O)Nc5ccc(C(F)(F)F)cc5F)C4)cc3)cc3ccoc23)CC1.CNS.O=CO. The Balaban J connectivity index is 0.000000808. The smallest absolute Gasteiger partial charge is 0.416 e. The number of carbonyl (C=O) groups excluding carboxylic acids is 1. The van der Waals surface area contributed by atoms with Gasteiger partial charge in [-0.15, -0.1) is 0 Å². The van der Waals surface area contributed by atoms with E-state index in [1.807, 2.05) is 6.07 Å². The van der Waals surface area contributed by atoms with E-state index in [1.54, 1.807) is 13.3 Å². The maximum atomic E-state index is 14.3. The third-order valence-electron chi connectivity index (χ3n) is 8.69. The highest BCUT2D eigenvalue weighted by Gasteiger charge is 2.32. The summed E-state index contributed by atoms with van der Waals surface area (Å²) in [5.41, 5.74) is 4.05. The monoisotopic (exact) mass is 688 g/mol. The van der Waals surface area contributed by atoms with Gasteiger partial charge in [-0.25, -0.2) is 4.39 Å². The minimum Gasteiger partial charge on any atom is -0.483 e. The first kappa shape index (κ1) is 36.8. The van der Waals surface area contributed by atoms with Crippen molar-refractivity contribution in [2.75, 3.05) is 50.5 Å². The van der Waals surface area contributed by atoms with Crippen molar-refractivity contribution in [2.24, 2.45) is 5.92 Å². The first-order valence-electron chi connectivity index (χ1n) is 15.6. The number of anilines is 2. The van der Waals surface area contributed by atoms with Crippen molar-refractivity contribution in [3.8, 4) is 11.1 Å². The van der Waals surface area contributed by atoms with Crippen LogP contribution in [-0.4, -0.2) is 62.7 Å². The molecular weight excluding hydrogens is 648 g/mol. The van der Waals surface area contributed by atoms with Crippen molar-refractivity contribution in [1.82, 2.24) is 9.62 Å². The largest absolute Gasteiger partial charge is 0.483 e. The number of likely N-dealkylation sites (N-methyl/N-ethyl adjacent to an activating group) is 1. The summed E-state index contributed by atoms with van der Waals surface area (Å²) in [6.45, 7) is 3.63. The molecule has 13 heteroatoms. The Morgan fingerprint density at radius 3 is 2.29 bits per heavy atom. The van der Waals surface area contributed by atoms with E-state index in [0.717, 1.165) is 84.5 Å². The van der Waals surface area contributed by atoms with Crippen LogP contribution in [0, 0.1) is 11.7 Å². The molecule has 0 spiro atoms. The number of hydrogen-bond acceptors (Lipinski definition) is 7. The molecule has 1 amide bonds. The van der Waals surface area contributed by atoms with Crippen molar-refractivity contribution in [3.05, 3.63) is 83.9 Å². The van der Waals surface area contributed by atoms with Gasteiger partial charge in [0.1, 0.15) is 5.82 Å². The lowest BCUT2D eigenvalue weighted by atomic mass is 9.77. The highest BCUT2D eigenvalue weighted by molar-refractivity contribution is 7.78. The number of carboxylic acid groups (broad SMARTS) is 1. The van der Waals surface area contributed by atoms with E-state index in [1.165, 1.54) is 0 Å². The van der Waals surface area contributed by atoms with Gasteiger partial charge in [-0.2, -0.15) is 13.2 Å². The molecule has 2 fully saturated rings. The van der Waals surface area contributed by atoms with Crippen LogP contribution < -0.4 is 14.9 Å². The van der Waals surface area contributed by atoms with Crippen LogP contribution in [0.2, 0.25) is 0 Å². The third-order valence-corrected chi connectivity index (χ3v) is 8.69. The van der Waals surface area contributed by atoms with Gasteiger partial charge in [0, 0.05) is 37.5 Å². The molecule has 0 bridgehead atoms. The highest BCUT2D eigenvalue weighted by atomic mass is 32.1. The molecule has 4 aromatic rings. The average Bonchev–Trinajstić information content (AvgIpc) is 3.55. The van der Waals surface area contributed by atoms with Crippen molar-refractivity contribution in [3.63, 3.8) is 0 Å². The fourth-order valence-electron chi connectivity index (χ4n) is 6.22. The summed E-state index contributed by atoms with van der Waals surface area (Å²) < 4.78 is 61.2. The highest BCUT2D eigenvalue weighted by Crippen LogP contribution is 2.39. The number of hydrogen-bond donors (Lipinski definition) is 4. The van der Waals surface area contributed by atoms with Crippen LogP contribution >= 0.6 is 12.8 Å². The second-order valence-corrected chi connectivity index (χ2v) is 12.3. The molecule has 1 saturated heterocycles. The fraction of sp³-hybridized carbons (Fsp3) is 0.371. The van der Waals surface area contributed by atoms with E-state index in [-0.39, 0.29) is 29.9 Å². The molecule has 1 aromatic heterocycles. The zero-order valence-electron chi connectivity index (χ0n) is 26.8. The second-order valence-electron chi connectivity index (χ2n) is 11.8. The van der Waals surface area contributed by atoms with Gasteiger partial charge in [-0.05, 0) is 92.4 Å². The quantitative estimate of drug-likeness (QED) is 0.0971. The molecule has 2 unspecified atom stereocenters. The molecule has 258 valence electrons. The van der Waals surface area contributed by atoms with Crippen LogP contribution in [0.4, 0.5) is 28.9 Å². The van der Waals surface area contributed by atoms with Gasteiger partial charge in [0.2, 0.25) is 5.91 Å². The number of thiol groups is 1. The predicted octanol–water partition coefficient (Wildman–Crippen LogP) is 7.67. The summed E-state index contributed by atoms with van der Waals surface area (Å²) in [5.74, 6) is -1.64. The lowest BCUT2D eigenvalue weighted by Crippen LogP contribution is -2.44. The van der Waals surface area contributed by atoms with E-state index in [0.29, 0.717) is 18.9 Å². The first-order valence-corrected chi connectivity index (χ1v) is 16.0. The number of furan rings is 1. The van der Waals surface area contributed by atoms with E-state index >= 15 is 0 Å². The van der Waals surface area contributed by atoms with Gasteiger partial charge in [0.05, 0.1) is 23.2 Å². The molecule has 0 radical (unpaired) electrons. The number of halogens is 4. The molecule has 8 nitrogen and oxygen atoms in total. The van der Waals surface area contributed by atoms with E-state index in [9.17, 15) is 22.4 Å². The van der Waals surface area contributed by atoms with E-state index in [4.69, 9.17) is 14.3 Å². The van der Waals surface area contributed by atoms with Crippen LogP contribution in [0.1, 0.15) is 42.7 Å². The summed E-state index contributed by atoms with van der Waals surface area (Å²) in [5, 5.41) is 10.5. The topological polar surface area (TPSA) is 98.0 Å². The summed E-state index contributed by atoms with van der Waals surface area (Å²) in [6.07, 6.45) is 0.120. The van der Waals surface area contributed by atoms with Crippen molar-refractivity contribution < 1.29 is 36.7 Å². The Kier molecular flexibility index (Phi) is 12.9. The van der Waals surface area contributed by atoms with Crippen molar-refractivity contribution >= 4 is 47.5 Å². The van der Waals surface area contributed by atoms with Crippen LogP contribution in [0.3, 0.4) is 0 Å². The van der Waals surface area contributed by atoms with Gasteiger partial charge < -0.3 is 24.6 Å². The summed E-state index contributed by atoms with van der Waals surface area (Å²) in [6, 6.07) is 17.0. The number of nitrogens with one attached hydrogen (secondary N) is 2. The van der Waals surface area contributed by atoms with Gasteiger partial charge in [-0.1, -0.05) is 43.5 Å². The molecule has 3 N–H and O–H groups in total. The molecule has 1 aliphatic carbocycles. The van der Waals surface area contributed by atoms with E-state index in [2.05, 4.69) is 76.1 Å². The maximum Gasteiger partial charge on any atom is 0.416 e. The van der Waals surface area contributed by atoms with Crippen LogP contribution in [0.5, 0.6) is 0 Å². The molecular formula is C35H40F4N4O4S. The Morgan fingerprint density at radius 2 is 1.67 bits per heavy atom. The molecule has 1 saturated carbocycles. The minimum absolute atomic E-state index is 0.165. The molecule has 2 heterocycles. The van der Waals surface area contributed by atoms with Crippen LogP contribution in [0.25, 0.3) is 22.1 Å². The molecule has 3 aromatic carbocycles. The van der Waals surface area contributed by atoms with Crippen molar-refractivity contribution in [1.29, 1.82) is 0 Å². The van der Waals surface area contributed by atoms with Crippen molar-refractivity contribution in [2.45, 2.75) is 37.8 Å². The lowest BCUT2D eigenvalue weighted by molar-refractivity contribution is -0.137. The second kappa shape index (κ2) is 16.8. The molecule has 1 aliphatic heterocycles. The molecule has 2 aliphatic rings. The Morgan fingerprint density at radius 1 is 1.00 bits per heavy atom. The number of carbonyl (C=O) groups is 2. The number of alkyl halides is 3. The summed E-state index contributed by atoms with van der Waals surface area (Å²) in [7, 11) is 3.88. The maximum absolute atomic E-state index is 14.3. The third kappa shape index (κ3) is 9.30. The van der Waals surface area contributed by atoms with Crippen LogP contribution in [0.15, 0.2) is 71.3 Å². The Labute approximate surface area is 282 Å². The number of fused-ring (bicyclic) bond motifs is 1.